The van der Waals surface area contributed by atoms with E-state index >= 15 is 0 Å². The van der Waals surface area contributed by atoms with E-state index in [4.69, 9.17) is 16.3 Å². The summed E-state index contributed by atoms with van der Waals surface area (Å²) in [6.45, 7) is 2.13. The molecule has 6 heteroatoms. The maximum absolute atomic E-state index is 11.9. The molecular formula is C12H12ClN3O2. The lowest BCUT2D eigenvalue weighted by atomic mass is 10.1. The number of fused-ring (bicyclic) bond motifs is 1. The maximum Gasteiger partial charge on any atom is 0.341 e. The van der Waals surface area contributed by atoms with Gasteiger partial charge in [0, 0.05) is 18.2 Å². The van der Waals surface area contributed by atoms with Crippen molar-refractivity contribution in [3.05, 3.63) is 28.7 Å². The highest BCUT2D eigenvalue weighted by Crippen LogP contribution is 2.41. The molecule has 0 N–H and O–H groups in total. The summed E-state index contributed by atoms with van der Waals surface area (Å²) in [5, 5.41) is 4.57. The van der Waals surface area contributed by atoms with Gasteiger partial charge in [-0.15, -0.1) is 0 Å². The molecular weight excluding hydrogens is 254 g/mol. The van der Waals surface area contributed by atoms with E-state index in [2.05, 4.69) is 10.1 Å². The first-order chi connectivity index (χ1) is 8.70. The number of aromatic nitrogens is 3. The molecule has 2 aromatic heterocycles. The number of ether oxygens (including phenoxy) is 1. The number of esters is 1. The molecule has 5 nitrogen and oxygen atoms in total. The summed E-state index contributed by atoms with van der Waals surface area (Å²) in [4.78, 5) is 16.1. The van der Waals surface area contributed by atoms with Gasteiger partial charge in [0.25, 0.3) is 0 Å². The number of hydrogen-bond acceptors (Lipinski definition) is 4. The predicted octanol–water partition coefficient (Wildman–Crippen LogP) is 2.44. The average molecular weight is 266 g/mol. The SMILES string of the molecule is CCOC(=O)c1cnc2cc(Cl)nn2c1C1CC1. The van der Waals surface area contributed by atoms with Gasteiger partial charge in [0.1, 0.15) is 0 Å². The third kappa shape index (κ3) is 1.84. The Balaban J connectivity index is 2.18. The van der Waals surface area contributed by atoms with Gasteiger partial charge in [-0.1, -0.05) is 11.6 Å². The monoisotopic (exact) mass is 265 g/mol. The fourth-order valence-corrected chi connectivity index (χ4v) is 2.21. The molecule has 18 heavy (non-hydrogen) atoms. The van der Waals surface area contributed by atoms with Gasteiger partial charge in [-0.3, -0.25) is 0 Å². The fourth-order valence-electron chi connectivity index (χ4n) is 2.04. The molecule has 0 aliphatic heterocycles. The van der Waals surface area contributed by atoms with Crippen LogP contribution in [0.4, 0.5) is 0 Å². The van der Waals surface area contributed by atoms with Crippen molar-refractivity contribution in [2.45, 2.75) is 25.7 Å². The summed E-state index contributed by atoms with van der Waals surface area (Å²) in [5.74, 6) is 0.00583. The molecule has 1 aliphatic carbocycles. The minimum absolute atomic E-state index is 0.347. The summed E-state index contributed by atoms with van der Waals surface area (Å²) in [6, 6.07) is 1.68. The third-order valence-corrected chi connectivity index (χ3v) is 3.13. The van der Waals surface area contributed by atoms with Gasteiger partial charge in [0.2, 0.25) is 0 Å². The van der Waals surface area contributed by atoms with Crippen molar-refractivity contribution in [1.29, 1.82) is 0 Å². The van der Waals surface area contributed by atoms with Gasteiger partial charge in [-0.2, -0.15) is 5.10 Å². The molecule has 0 unspecified atom stereocenters. The molecule has 1 saturated carbocycles. The molecule has 1 aliphatic rings. The molecule has 1 fully saturated rings. The van der Waals surface area contributed by atoms with Crippen LogP contribution in [-0.4, -0.2) is 27.2 Å². The fraction of sp³-hybridized carbons (Fsp3) is 0.417. The zero-order chi connectivity index (χ0) is 12.7. The van der Waals surface area contributed by atoms with Crippen LogP contribution in [-0.2, 0) is 4.74 Å². The number of halogens is 1. The molecule has 0 spiro atoms. The summed E-state index contributed by atoms with van der Waals surface area (Å²) in [5.41, 5.74) is 2.02. The van der Waals surface area contributed by atoms with Crippen LogP contribution in [0.2, 0.25) is 5.15 Å². The lowest BCUT2D eigenvalue weighted by Crippen LogP contribution is -2.12. The minimum Gasteiger partial charge on any atom is -0.462 e. The molecule has 2 heterocycles. The summed E-state index contributed by atoms with van der Waals surface area (Å²) in [6.07, 6.45) is 3.67. The van der Waals surface area contributed by atoms with Crippen LogP contribution in [0, 0.1) is 0 Å². The normalized spacial score (nSPS) is 15.0. The smallest absolute Gasteiger partial charge is 0.341 e. The van der Waals surface area contributed by atoms with E-state index in [1.54, 1.807) is 23.7 Å². The van der Waals surface area contributed by atoms with Crippen LogP contribution in [0.25, 0.3) is 5.65 Å². The van der Waals surface area contributed by atoms with E-state index in [1.807, 2.05) is 0 Å². The minimum atomic E-state index is -0.347. The van der Waals surface area contributed by atoms with Crippen LogP contribution in [0.15, 0.2) is 12.3 Å². The number of rotatable bonds is 3. The molecule has 3 rings (SSSR count). The number of nitrogens with zero attached hydrogens (tertiary/aromatic N) is 3. The van der Waals surface area contributed by atoms with Crippen LogP contribution in [0.3, 0.4) is 0 Å². The van der Waals surface area contributed by atoms with Gasteiger partial charge < -0.3 is 4.74 Å². The van der Waals surface area contributed by atoms with E-state index in [1.165, 1.54) is 0 Å². The van der Waals surface area contributed by atoms with Crippen LogP contribution >= 0.6 is 11.6 Å². The van der Waals surface area contributed by atoms with Crippen LogP contribution in [0.1, 0.15) is 41.7 Å². The van der Waals surface area contributed by atoms with E-state index in [0.717, 1.165) is 18.5 Å². The van der Waals surface area contributed by atoms with E-state index in [9.17, 15) is 4.79 Å². The van der Waals surface area contributed by atoms with Crippen molar-refractivity contribution >= 4 is 23.2 Å². The van der Waals surface area contributed by atoms with Gasteiger partial charge >= 0.3 is 5.97 Å². The van der Waals surface area contributed by atoms with Crippen molar-refractivity contribution in [3.8, 4) is 0 Å². The lowest BCUT2D eigenvalue weighted by molar-refractivity contribution is 0.0523. The highest BCUT2D eigenvalue weighted by Gasteiger charge is 2.32. The summed E-state index contributed by atoms with van der Waals surface area (Å²) < 4.78 is 6.71. The zero-order valence-corrected chi connectivity index (χ0v) is 10.6. The van der Waals surface area contributed by atoms with Crippen LogP contribution < -0.4 is 0 Å². The molecule has 94 valence electrons. The molecule has 0 bridgehead atoms. The first kappa shape index (κ1) is 11.5. The van der Waals surface area contributed by atoms with E-state index in [-0.39, 0.29) is 5.97 Å². The molecule has 0 saturated heterocycles. The largest absolute Gasteiger partial charge is 0.462 e. The zero-order valence-electron chi connectivity index (χ0n) is 9.89. The van der Waals surface area contributed by atoms with Crippen molar-refractivity contribution in [3.63, 3.8) is 0 Å². The highest BCUT2D eigenvalue weighted by atomic mass is 35.5. The standard InChI is InChI=1S/C12H12ClN3O2/c1-2-18-12(17)8-6-14-10-5-9(13)15-16(10)11(8)7-3-4-7/h5-7H,2-4H2,1H3. The molecule has 0 aromatic carbocycles. The average Bonchev–Trinajstić information content (AvgIpc) is 3.09. The number of carbonyl (C=O) groups is 1. The Hall–Kier alpha value is -1.62. The Morgan fingerprint density at radius 1 is 1.61 bits per heavy atom. The van der Waals surface area contributed by atoms with Crippen molar-refractivity contribution < 1.29 is 9.53 Å². The van der Waals surface area contributed by atoms with Crippen molar-refractivity contribution in [2.75, 3.05) is 6.61 Å². The first-order valence-electron chi connectivity index (χ1n) is 5.92. The van der Waals surface area contributed by atoms with Gasteiger partial charge in [0.05, 0.1) is 17.9 Å². The predicted molar refractivity (Wildman–Crippen MR) is 65.9 cm³/mol. The second-order valence-corrected chi connectivity index (χ2v) is 4.68. The van der Waals surface area contributed by atoms with Crippen molar-refractivity contribution in [1.82, 2.24) is 14.6 Å². The molecule has 0 amide bonds. The van der Waals surface area contributed by atoms with Gasteiger partial charge in [0.15, 0.2) is 10.8 Å². The van der Waals surface area contributed by atoms with Gasteiger partial charge in [-0.25, -0.2) is 14.3 Å². The Morgan fingerprint density at radius 3 is 3.06 bits per heavy atom. The Kier molecular flexibility index (Phi) is 2.70. The molecule has 0 atom stereocenters. The first-order valence-corrected chi connectivity index (χ1v) is 6.29. The maximum atomic E-state index is 11.9. The van der Waals surface area contributed by atoms with Crippen molar-refractivity contribution in [2.24, 2.45) is 0 Å². The Labute approximate surface area is 109 Å². The Morgan fingerprint density at radius 2 is 2.39 bits per heavy atom. The second kappa shape index (κ2) is 4.24. The number of hydrogen-bond donors (Lipinski definition) is 0. The van der Waals surface area contributed by atoms with E-state index in [0.29, 0.717) is 28.9 Å². The van der Waals surface area contributed by atoms with Gasteiger partial charge in [-0.05, 0) is 19.8 Å². The second-order valence-electron chi connectivity index (χ2n) is 4.29. The summed E-state index contributed by atoms with van der Waals surface area (Å²) >= 11 is 5.89. The summed E-state index contributed by atoms with van der Waals surface area (Å²) in [7, 11) is 0. The molecule has 0 radical (unpaired) electrons. The topological polar surface area (TPSA) is 56.5 Å². The Bertz CT molecular complexity index is 619. The molecule has 2 aromatic rings. The number of carbonyl (C=O) groups excluding carboxylic acids is 1. The highest BCUT2D eigenvalue weighted by molar-refractivity contribution is 6.29. The third-order valence-electron chi connectivity index (χ3n) is 2.95. The lowest BCUT2D eigenvalue weighted by Gasteiger charge is -2.09. The van der Waals surface area contributed by atoms with Crippen LogP contribution in [0.5, 0.6) is 0 Å². The van der Waals surface area contributed by atoms with E-state index < -0.39 is 0 Å². The quantitative estimate of drug-likeness (QED) is 0.800.